The molecule has 0 bridgehead atoms. The van der Waals surface area contributed by atoms with Gasteiger partial charge in [0, 0.05) is 12.1 Å². The Labute approximate surface area is 155 Å². The fourth-order valence-corrected chi connectivity index (χ4v) is 2.51. The lowest BCUT2D eigenvalue weighted by atomic mass is 10.1. The van der Waals surface area contributed by atoms with Gasteiger partial charge in [0.25, 0.3) is 5.69 Å². The quantitative estimate of drug-likeness (QED) is 0.394. The van der Waals surface area contributed by atoms with Gasteiger partial charge in [0.05, 0.1) is 23.3 Å². The van der Waals surface area contributed by atoms with Gasteiger partial charge >= 0.3 is 0 Å². The Morgan fingerprint density at radius 2 is 1.85 bits per heavy atom. The van der Waals surface area contributed by atoms with E-state index in [1.54, 1.807) is 54.6 Å². The average Bonchev–Trinajstić information content (AvgIpc) is 3.15. The fourth-order valence-electron chi connectivity index (χ4n) is 2.51. The van der Waals surface area contributed by atoms with Crippen molar-refractivity contribution in [1.29, 1.82) is 0 Å². The number of hydrogen-bond acceptors (Lipinski definition) is 5. The van der Waals surface area contributed by atoms with Crippen molar-refractivity contribution in [3.63, 3.8) is 0 Å². The maximum Gasteiger partial charge on any atom is 0.280 e. The first-order valence-corrected chi connectivity index (χ1v) is 8.04. The molecule has 0 aliphatic carbocycles. The number of anilines is 1. The zero-order valence-corrected chi connectivity index (χ0v) is 14.4. The highest BCUT2D eigenvalue weighted by Crippen LogP contribution is 2.31. The van der Waals surface area contributed by atoms with E-state index in [1.165, 1.54) is 25.3 Å². The largest absolute Gasteiger partial charge is 0.495 e. The van der Waals surface area contributed by atoms with Crippen LogP contribution >= 0.6 is 0 Å². The summed E-state index contributed by atoms with van der Waals surface area (Å²) in [6.45, 7) is 0. The molecule has 1 amide bonds. The van der Waals surface area contributed by atoms with E-state index in [9.17, 15) is 14.9 Å². The highest BCUT2D eigenvalue weighted by molar-refractivity contribution is 6.02. The van der Waals surface area contributed by atoms with Crippen LogP contribution in [0.3, 0.4) is 0 Å². The SMILES string of the molecule is COc1ccccc1NC(=O)C=Cc1ccc(-c2ccccc2[N+](=O)[O-])o1. The zero-order chi connectivity index (χ0) is 19.2. The summed E-state index contributed by atoms with van der Waals surface area (Å²) in [5.74, 6) is 0.949. The van der Waals surface area contributed by atoms with E-state index >= 15 is 0 Å². The molecule has 3 aromatic rings. The van der Waals surface area contributed by atoms with Crippen LogP contribution in [0.1, 0.15) is 5.76 Å². The number of hydrogen-bond donors (Lipinski definition) is 1. The van der Waals surface area contributed by atoms with E-state index in [2.05, 4.69) is 5.32 Å². The van der Waals surface area contributed by atoms with Crippen LogP contribution in [0.5, 0.6) is 5.75 Å². The summed E-state index contributed by atoms with van der Waals surface area (Å²) in [6.07, 6.45) is 2.80. The second-order valence-corrected chi connectivity index (χ2v) is 5.50. The molecule has 0 unspecified atom stereocenters. The lowest BCUT2D eigenvalue weighted by molar-refractivity contribution is -0.384. The predicted molar refractivity (Wildman–Crippen MR) is 101 cm³/mol. The highest BCUT2D eigenvalue weighted by Gasteiger charge is 2.16. The summed E-state index contributed by atoms with van der Waals surface area (Å²) in [6, 6.07) is 16.6. The second-order valence-electron chi connectivity index (χ2n) is 5.50. The number of benzene rings is 2. The van der Waals surface area contributed by atoms with Gasteiger partial charge in [-0.15, -0.1) is 0 Å². The third kappa shape index (κ3) is 4.21. The molecule has 7 heteroatoms. The second kappa shape index (κ2) is 8.01. The van der Waals surface area contributed by atoms with E-state index in [-0.39, 0.29) is 11.6 Å². The van der Waals surface area contributed by atoms with Crippen LogP contribution in [0, 0.1) is 10.1 Å². The highest BCUT2D eigenvalue weighted by atomic mass is 16.6. The normalized spacial score (nSPS) is 10.7. The van der Waals surface area contributed by atoms with Crippen LogP contribution in [0.15, 0.2) is 71.2 Å². The zero-order valence-electron chi connectivity index (χ0n) is 14.4. The summed E-state index contributed by atoms with van der Waals surface area (Å²) in [5.41, 5.74) is 0.881. The third-order valence-electron chi connectivity index (χ3n) is 3.76. The summed E-state index contributed by atoms with van der Waals surface area (Å²) in [5, 5.41) is 13.8. The van der Waals surface area contributed by atoms with Gasteiger partial charge in [0.15, 0.2) is 0 Å². The first-order chi connectivity index (χ1) is 13.1. The number of nitro benzene ring substituents is 1. The van der Waals surface area contributed by atoms with Crippen LogP contribution in [-0.4, -0.2) is 17.9 Å². The Kier molecular flexibility index (Phi) is 5.32. The van der Waals surface area contributed by atoms with Crippen molar-refractivity contribution >= 4 is 23.4 Å². The molecule has 0 saturated carbocycles. The average molecular weight is 364 g/mol. The molecule has 7 nitrogen and oxygen atoms in total. The van der Waals surface area contributed by atoms with Crippen molar-refractivity contribution in [3.05, 3.63) is 82.6 Å². The molecule has 0 atom stereocenters. The minimum Gasteiger partial charge on any atom is -0.495 e. The molecule has 0 radical (unpaired) electrons. The first kappa shape index (κ1) is 17.9. The number of rotatable bonds is 6. The molecular weight excluding hydrogens is 348 g/mol. The Balaban J connectivity index is 1.74. The standard InChI is InChI=1S/C20H16N2O5/c1-26-19-9-5-3-7-16(19)21-20(23)13-11-14-10-12-18(27-14)15-6-2-4-8-17(15)22(24)25/h2-13H,1H3,(H,21,23). The fraction of sp³-hybridized carbons (Fsp3) is 0.0500. The number of methoxy groups -OCH3 is 1. The van der Waals surface area contributed by atoms with E-state index < -0.39 is 4.92 Å². The number of carbonyl (C=O) groups is 1. The molecule has 0 spiro atoms. The summed E-state index contributed by atoms with van der Waals surface area (Å²) in [4.78, 5) is 22.8. The van der Waals surface area contributed by atoms with Crippen LogP contribution in [0.2, 0.25) is 0 Å². The smallest absolute Gasteiger partial charge is 0.280 e. The van der Waals surface area contributed by atoms with E-state index in [1.807, 2.05) is 0 Å². The molecule has 1 N–H and O–H groups in total. The molecule has 0 aliphatic rings. The van der Waals surface area contributed by atoms with Gasteiger partial charge in [-0.05, 0) is 36.4 Å². The number of nitrogens with one attached hydrogen (secondary N) is 1. The topological polar surface area (TPSA) is 94.6 Å². The minimum atomic E-state index is -0.464. The minimum absolute atomic E-state index is 0.0451. The number of furan rings is 1. The first-order valence-electron chi connectivity index (χ1n) is 8.04. The van der Waals surface area contributed by atoms with Gasteiger partial charge in [-0.1, -0.05) is 24.3 Å². The number of nitrogens with zero attached hydrogens (tertiary/aromatic N) is 1. The lowest BCUT2D eigenvalue weighted by Crippen LogP contribution is -2.08. The molecular formula is C20H16N2O5. The van der Waals surface area contributed by atoms with Gasteiger partial charge in [-0.3, -0.25) is 14.9 Å². The molecule has 27 heavy (non-hydrogen) atoms. The number of ether oxygens (including phenoxy) is 1. The van der Waals surface area contributed by atoms with Crippen molar-refractivity contribution < 1.29 is 18.9 Å². The van der Waals surface area contributed by atoms with Crippen molar-refractivity contribution in [2.24, 2.45) is 0 Å². The third-order valence-corrected chi connectivity index (χ3v) is 3.76. The molecule has 0 fully saturated rings. The van der Waals surface area contributed by atoms with Gasteiger partial charge in [0.2, 0.25) is 5.91 Å². The van der Waals surface area contributed by atoms with Gasteiger partial charge in [-0.25, -0.2) is 0 Å². The van der Waals surface area contributed by atoms with E-state index in [4.69, 9.17) is 9.15 Å². The van der Waals surface area contributed by atoms with Crippen molar-refractivity contribution in [2.75, 3.05) is 12.4 Å². The maximum atomic E-state index is 12.1. The molecule has 2 aromatic carbocycles. The van der Waals surface area contributed by atoms with Gasteiger partial charge in [0.1, 0.15) is 17.3 Å². The van der Waals surface area contributed by atoms with E-state index in [0.29, 0.717) is 28.5 Å². The number of para-hydroxylation sites is 3. The Morgan fingerprint density at radius 3 is 2.63 bits per heavy atom. The van der Waals surface area contributed by atoms with Crippen molar-refractivity contribution in [2.45, 2.75) is 0 Å². The summed E-state index contributed by atoms with van der Waals surface area (Å²) in [7, 11) is 1.52. The Morgan fingerprint density at radius 1 is 1.11 bits per heavy atom. The summed E-state index contributed by atoms with van der Waals surface area (Å²) >= 11 is 0. The number of nitro groups is 1. The van der Waals surface area contributed by atoms with Crippen LogP contribution in [0.4, 0.5) is 11.4 Å². The van der Waals surface area contributed by atoms with Crippen LogP contribution < -0.4 is 10.1 Å². The molecule has 0 saturated heterocycles. The molecule has 1 aromatic heterocycles. The molecule has 136 valence electrons. The predicted octanol–water partition coefficient (Wildman–Crippen LogP) is 4.52. The van der Waals surface area contributed by atoms with Gasteiger partial charge in [-0.2, -0.15) is 0 Å². The van der Waals surface area contributed by atoms with Crippen LogP contribution in [0.25, 0.3) is 17.4 Å². The Hall–Kier alpha value is -3.87. The monoisotopic (exact) mass is 364 g/mol. The van der Waals surface area contributed by atoms with Crippen molar-refractivity contribution in [3.8, 4) is 17.1 Å². The van der Waals surface area contributed by atoms with Crippen molar-refractivity contribution in [1.82, 2.24) is 0 Å². The number of amides is 1. The Bertz CT molecular complexity index is 1010. The summed E-state index contributed by atoms with van der Waals surface area (Å²) < 4.78 is 10.8. The van der Waals surface area contributed by atoms with Gasteiger partial charge < -0.3 is 14.5 Å². The lowest BCUT2D eigenvalue weighted by Gasteiger charge is -2.07. The molecule has 3 rings (SSSR count). The number of carbonyl (C=O) groups excluding carboxylic acids is 1. The molecule has 0 aliphatic heterocycles. The molecule has 1 heterocycles. The van der Waals surface area contributed by atoms with E-state index in [0.717, 1.165) is 0 Å². The van der Waals surface area contributed by atoms with Crippen LogP contribution in [-0.2, 0) is 4.79 Å². The maximum absolute atomic E-state index is 12.1.